The summed E-state index contributed by atoms with van der Waals surface area (Å²) in [6.45, 7) is 12.7. The van der Waals surface area contributed by atoms with Gasteiger partial charge in [-0.05, 0) is 18.8 Å². The lowest BCUT2D eigenvalue weighted by molar-refractivity contribution is -0.171. The van der Waals surface area contributed by atoms with Crippen molar-refractivity contribution >= 4 is 5.91 Å². The molecule has 5 heteroatoms. The first-order valence-electron chi connectivity index (χ1n) is 7.83. The Morgan fingerprint density at radius 3 is 2.43 bits per heavy atom. The van der Waals surface area contributed by atoms with Crippen molar-refractivity contribution < 1.29 is 14.6 Å². The summed E-state index contributed by atoms with van der Waals surface area (Å²) in [6.07, 6.45) is 1.08. The van der Waals surface area contributed by atoms with Gasteiger partial charge in [0.15, 0.2) is 0 Å². The minimum atomic E-state index is -0.911. The number of aliphatic hydroxyl groups is 1. The van der Waals surface area contributed by atoms with Crippen LogP contribution >= 0.6 is 0 Å². The lowest BCUT2D eigenvalue weighted by atomic mass is 9.54. The van der Waals surface area contributed by atoms with E-state index in [1.54, 1.807) is 0 Å². The zero-order valence-electron chi connectivity index (χ0n) is 14.3. The molecule has 0 aromatic heterocycles. The van der Waals surface area contributed by atoms with E-state index in [0.29, 0.717) is 19.4 Å². The highest BCUT2D eigenvalue weighted by molar-refractivity contribution is 5.89. The third-order valence-corrected chi connectivity index (χ3v) is 5.00. The van der Waals surface area contributed by atoms with E-state index >= 15 is 0 Å². The van der Waals surface area contributed by atoms with Crippen LogP contribution in [0.1, 0.15) is 54.4 Å². The van der Waals surface area contributed by atoms with Crippen LogP contribution in [0, 0.1) is 10.8 Å². The second kappa shape index (κ2) is 6.23. The zero-order valence-corrected chi connectivity index (χ0v) is 14.3. The SMILES string of the molecule is CCOC1CC(N)(C(=O)NC(CCO)C(C)(C)C)C1(C)C. The number of hydrogen-bond donors (Lipinski definition) is 3. The molecular formula is C16H32N2O3. The Labute approximate surface area is 128 Å². The van der Waals surface area contributed by atoms with Gasteiger partial charge in [0.1, 0.15) is 5.54 Å². The predicted octanol–water partition coefficient (Wildman–Crippen LogP) is 1.43. The van der Waals surface area contributed by atoms with Gasteiger partial charge in [-0.25, -0.2) is 0 Å². The van der Waals surface area contributed by atoms with Gasteiger partial charge in [-0.15, -0.1) is 0 Å². The average molecular weight is 300 g/mol. The Balaban J connectivity index is 2.79. The van der Waals surface area contributed by atoms with Crippen LogP contribution in [0.3, 0.4) is 0 Å². The molecule has 1 amide bonds. The van der Waals surface area contributed by atoms with Crippen LogP contribution in [0.25, 0.3) is 0 Å². The molecule has 5 nitrogen and oxygen atoms in total. The first kappa shape index (κ1) is 18.4. The summed E-state index contributed by atoms with van der Waals surface area (Å²) in [4.78, 5) is 12.7. The van der Waals surface area contributed by atoms with Gasteiger partial charge in [-0.3, -0.25) is 4.79 Å². The molecular weight excluding hydrogens is 268 g/mol. The van der Waals surface area contributed by atoms with Gasteiger partial charge < -0.3 is 20.9 Å². The van der Waals surface area contributed by atoms with Gasteiger partial charge in [0.25, 0.3) is 0 Å². The highest BCUT2D eigenvalue weighted by atomic mass is 16.5. The van der Waals surface area contributed by atoms with Crippen LogP contribution in [0.2, 0.25) is 0 Å². The molecule has 1 aliphatic rings. The number of aliphatic hydroxyl groups excluding tert-OH is 1. The first-order chi connectivity index (χ1) is 9.50. The van der Waals surface area contributed by atoms with Gasteiger partial charge in [-0.1, -0.05) is 34.6 Å². The second-order valence-electron chi connectivity index (χ2n) is 7.75. The molecule has 124 valence electrons. The fourth-order valence-corrected chi connectivity index (χ4v) is 2.96. The van der Waals surface area contributed by atoms with Crippen molar-refractivity contribution in [2.75, 3.05) is 13.2 Å². The smallest absolute Gasteiger partial charge is 0.241 e. The van der Waals surface area contributed by atoms with Gasteiger partial charge >= 0.3 is 0 Å². The average Bonchev–Trinajstić information content (AvgIpc) is 2.36. The summed E-state index contributed by atoms with van der Waals surface area (Å²) in [5.74, 6) is -0.142. The Hall–Kier alpha value is -0.650. The summed E-state index contributed by atoms with van der Waals surface area (Å²) in [7, 11) is 0. The molecule has 0 aliphatic heterocycles. The van der Waals surface area contributed by atoms with Crippen molar-refractivity contribution in [3.8, 4) is 0 Å². The molecule has 1 aliphatic carbocycles. The number of nitrogens with two attached hydrogens (primary N) is 1. The molecule has 1 saturated carbocycles. The highest BCUT2D eigenvalue weighted by Crippen LogP contribution is 2.50. The van der Waals surface area contributed by atoms with Crippen molar-refractivity contribution in [3.05, 3.63) is 0 Å². The lowest BCUT2D eigenvalue weighted by Crippen LogP contribution is -2.76. The van der Waals surface area contributed by atoms with Gasteiger partial charge in [-0.2, -0.15) is 0 Å². The summed E-state index contributed by atoms with van der Waals surface area (Å²) in [5.41, 5.74) is 4.95. The van der Waals surface area contributed by atoms with Crippen LogP contribution in [0.5, 0.6) is 0 Å². The summed E-state index contributed by atoms with van der Waals surface area (Å²) >= 11 is 0. The van der Waals surface area contributed by atoms with E-state index in [4.69, 9.17) is 10.5 Å². The van der Waals surface area contributed by atoms with Crippen molar-refractivity contribution in [3.63, 3.8) is 0 Å². The molecule has 3 atom stereocenters. The van der Waals surface area contributed by atoms with E-state index in [-0.39, 0.29) is 30.1 Å². The monoisotopic (exact) mass is 300 g/mol. The maximum atomic E-state index is 12.7. The molecule has 0 aromatic rings. The van der Waals surface area contributed by atoms with E-state index in [9.17, 15) is 9.90 Å². The predicted molar refractivity (Wildman–Crippen MR) is 83.8 cm³/mol. The van der Waals surface area contributed by atoms with Crippen molar-refractivity contribution in [2.45, 2.75) is 72.1 Å². The fraction of sp³-hybridized carbons (Fsp3) is 0.938. The highest BCUT2D eigenvalue weighted by Gasteiger charge is 2.63. The standard InChI is InChI=1S/C16H32N2O3/c1-7-21-12-10-16(17,15(12,5)6)13(20)18-11(8-9-19)14(2,3)4/h11-12,19H,7-10,17H2,1-6H3,(H,18,20). The summed E-state index contributed by atoms with van der Waals surface area (Å²) < 4.78 is 5.66. The number of hydrogen-bond acceptors (Lipinski definition) is 4. The Bertz CT molecular complexity index is 376. The number of nitrogens with one attached hydrogen (secondary N) is 1. The second-order valence-corrected chi connectivity index (χ2v) is 7.75. The molecule has 3 unspecified atom stereocenters. The zero-order chi connectivity index (χ0) is 16.5. The number of rotatable bonds is 6. The van der Waals surface area contributed by atoms with Gasteiger partial charge in [0, 0.05) is 31.1 Å². The minimum absolute atomic E-state index is 0.0178. The van der Waals surface area contributed by atoms with Crippen LogP contribution in [0.15, 0.2) is 0 Å². The van der Waals surface area contributed by atoms with Gasteiger partial charge in [0.2, 0.25) is 5.91 Å². The molecule has 1 rings (SSSR count). The molecule has 4 N–H and O–H groups in total. The molecule has 1 fully saturated rings. The molecule has 0 aromatic carbocycles. The number of amides is 1. The number of ether oxygens (including phenoxy) is 1. The first-order valence-corrected chi connectivity index (χ1v) is 7.83. The number of carbonyl (C=O) groups is 1. The van der Waals surface area contributed by atoms with Crippen molar-refractivity contribution in [1.29, 1.82) is 0 Å². The topological polar surface area (TPSA) is 84.6 Å². The molecule has 21 heavy (non-hydrogen) atoms. The van der Waals surface area contributed by atoms with E-state index < -0.39 is 11.0 Å². The van der Waals surface area contributed by atoms with Crippen molar-refractivity contribution in [2.24, 2.45) is 16.6 Å². The van der Waals surface area contributed by atoms with E-state index in [1.165, 1.54) is 0 Å². The Morgan fingerprint density at radius 2 is 2.05 bits per heavy atom. The third kappa shape index (κ3) is 3.41. The fourth-order valence-electron chi connectivity index (χ4n) is 2.96. The number of carbonyl (C=O) groups excluding carboxylic acids is 1. The molecule has 0 radical (unpaired) electrons. The van der Waals surface area contributed by atoms with Crippen LogP contribution in [-0.2, 0) is 9.53 Å². The van der Waals surface area contributed by atoms with Gasteiger partial charge in [0.05, 0.1) is 6.10 Å². The minimum Gasteiger partial charge on any atom is -0.396 e. The third-order valence-electron chi connectivity index (χ3n) is 5.00. The summed E-state index contributed by atoms with van der Waals surface area (Å²) in [6, 6.07) is -0.0997. The largest absolute Gasteiger partial charge is 0.396 e. The lowest BCUT2D eigenvalue weighted by Gasteiger charge is -2.58. The normalized spacial score (nSPS) is 29.6. The van der Waals surface area contributed by atoms with E-state index in [2.05, 4.69) is 5.32 Å². The van der Waals surface area contributed by atoms with Crippen molar-refractivity contribution in [1.82, 2.24) is 5.32 Å². The van der Waals surface area contributed by atoms with Crippen LogP contribution in [-0.4, -0.2) is 41.9 Å². The van der Waals surface area contributed by atoms with E-state index in [0.717, 1.165) is 0 Å². The Morgan fingerprint density at radius 1 is 1.48 bits per heavy atom. The maximum absolute atomic E-state index is 12.7. The molecule has 0 saturated heterocycles. The molecule has 0 heterocycles. The quantitative estimate of drug-likeness (QED) is 0.693. The Kier molecular flexibility index (Phi) is 5.45. The van der Waals surface area contributed by atoms with Crippen LogP contribution in [0.4, 0.5) is 0 Å². The maximum Gasteiger partial charge on any atom is 0.241 e. The van der Waals surface area contributed by atoms with Crippen LogP contribution < -0.4 is 11.1 Å². The molecule has 0 bridgehead atoms. The van der Waals surface area contributed by atoms with E-state index in [1.807, 2.05) is 41.5 Å². The summed E-state index contributed by atoms with van der Waals surface area (Å²) in [5, 5.41) is 12.2. The molecule has 0 spiro atoms.